The minimum atomic E-state index is -3.98. The fraction of sp³-hybridized carbons (Fsp3) is 0.381. The second-order valence-electron chi connectivity index (χ2n) is 8.04. The number of benzene rings is 2. The largest absolute Gasteiger partial charge is 0.457 e. The maximum Gasteiger partial charge on any atom is 0.252 e. The molecule has 0 spiro atoms. The number of sulfone groups is 1. The Morgan fingerprint density at radius 2 is 1.58 bits per heavy atom. The van der Waals surface area contributed by atoms with Gasteiger partial charge in [-0.2, -0.15) is 4.31 Å². The Morgan fingerprint density at radius 1 is 1.00 bits per heavy atom. The van der Waals surface area contributed by atoms with E-state index in [1.54, 1.807) is 0 Å². The van der Waals surface area contributed by atoms with Gasteiger partial charge in [-0.1, -0.05) is 0 Å². The second-order valence-corrected chi connectivity index (χ2v) is 11.9. The fourth-order valence-corrected chi connectivity index (χ4v) is 6.60. The number of nitrogens with one attached hydrogen (secondary N) is 1. The Bertz CT molecular complexity index is 1230. The smallest absolute Gasteiger partial charge is 0.252 e. The zero-order chi connectivity index (χ0) is 23.8. The summed E-state index contributed by atoms with van der Waals surface area (Å²) in [4.78, 5) is 12.7. The summed E-state index contributed by atoms with van der Waals surface area (Å²) in [7, 11) is -7.29. The third kappa shape index (κ3) is 4.75. The van der Waals surface area contributed by atoms with E-state index >= 15 is 0 Å². The molecule has 0 aliphatic carbocycles. The number of sulfonamides is 1. The number of fused-ring (bicyclic) bond motifs is 1. The molecule has 3 atom stereocenters. The molecule has 178 valence electrons. The first-order chi connectivity index (χ1) is 15.6. The summed E-state index contributed by atoms with van der Waals surface area (Å²) in [6.45, 7) is 0.626. The van der Waals surface area contributed by atoms with Gasteiger partial charge in [0.15, 0.2) is 9.84 Å². The number of rotatable bonds is 6. The van der Waals surface area contributed by atoms with Crippen molar-refractivity contribution < 1.29 is 31.1 Å². The summed E-state index contributed by atoms with van der Waals surface area (Å²) in [6, 6.07) is 10.8. The molecule has 2 aliphatic heterocycles. The van der Waals surface area contributed by atoms with Crippen molar-refractivity contribution in [2.75, 3.05) is 19.4 Å². The number of nitrogens with two attached hydrogens (primary N) is 1. The van der Waals surface area contributed by atoms with Crippen molar-refractivity contribution in [3.05, 3.63) is 48.5 Å². The summed E-state index contributed by atoms with van der Waals surface area (Å²) in [6.07, 6.45) is 2.04. The third-order valence-electron chi connectivity index (χ3n) is 5.94. The molecule has 0 bridgehead atoms. The number of carbonyl (C=O) groups is 1. The Hall–Kier alpha value is -2.51. The van der Waals surface area contributed by atoms with Gasteiger partial charge in [0, 0.05) is 25.3 Å². The van der Waals surface area contributed by atoms with E-state index in [4.69, 9.17) is 15.3 Å². The van der Waals surface area contributed by atoms with Gasteiger partial charge < -0.3 is 9.47 Å². The molecule has 2 aliphatic rings. The van der Waals surface area contributed by atoms with Crippen molar-refractivity contribution >= 4 is 25.8 Å². The summed E-state index contributed by atoms with van der Waals surface area (Å²) in [5, 5.41) is 0. The van der Waals surface area contributed by atoms with Crippen LogP contribution in [0.25, 0.3) is 0 Å². The van der Waals surface area contributed by atoms with Gasteiger partial charge in [-0.05, 0) is 61.4 Å². The minimum Gasteiger partial charge on any atom is -0.457 e. The van der Waals surface area contributed by atoms with Crippen molar-refractivity contribution in [2.45, 2.75) is 34.8 Å². The van der Waals surface area contributed by atoms with Crippen LogP contribution in [0.1, 0.15) is 12.8 Å². The summed E-state index contributed by atoms with van der Waals surface area (Å²) >= 11 is 0. The molecule has 0 unspecified atom stereocenters. The van der Waals surface area contributed by atoms with Crippen LogP contribution in [0.3, 0.4) is 0 Å². The number of nitrogens with zero attached hydrogens (tertiary/aromatic N) is 1. The van der Waals surface area contributed by atoms with Gasteiger partial charge in [0.05, 0.1) is 15.9 Å². The van der Waals surface area contributed by atoms with E-state index in [1.807, 2.05) is 0 Å². The third-order valence-corrected chi connectivity index (χ3v) is 8.96. The lowest BCUT2D eigenvalue weighted by Gasteiger charge is -2.39. The lowest BCUT2D eigenvalue weighted by atomic mass is 9.87. The van der Waals surface area contributed by atoms with E-state index in [2.05, 4.69) is 5.43 Å². The molecule has 0 aromatic heterocycles. The molecule has 0 saturated carbocycles. The van der Waals surface area contributed by atoms with Crippen molar-refractivity contribution in [1.29, 1.82) is 0 Å². The topological polar surface area (TPSA) is 145 Å². The molecule has 10 nitrogen and oxygen atoms in total. The molecule has 12 heteroatoms. The number of piperidine rings is 1. The highest BCUT2D eigenvalue weighted by atomic mass is 32.2. The van der Waals surface area contributed by atoms with Crippen LogP contribution in [0.5, 0.6) is 11.5 Å². The van der Waals surface area contributed by atoms with Gasteiger partial charge in [-0.25, -0.2) is 22.7 Å². The summed E-state index contributed by atoms with van der Waals surface area (Å²) < 4.78 is 62.4. The van der Waals surface area contributed by atoms with E-state index < -0.39 is 31.8 Å². The normalized spacial score (nSPS) is 23.6. The Balaban J connectivity index is 1.54. The number of hydrogen-bond acceptors (Lipinski definition) is 8. The van der Waals surface area contributed by atoms with E-state index in [-0.39, 0.29) is 28.4 Å². The maximum absolute atomic E-state index is 13.4. The number of carbonyl (C=O) groups excluding carboxylic acids is 1. The zero-order valence-electron chi connectivity index (χ0n) is 17.9. The van der Waals surface area contributed by atoms with Crippen LogP contribution in [0.2, 0.25) is 0 Å². The highest BCUT2D eigenvalue weighted by molar-refractivity contribution is 7.90. The number of ether oxygens (including phenoxy) is 2. The van der Waals surface area contributed by atoms with E-state index in [0.29, 0.717) is 30.9 Å². The maximum atomic E-state index is 13.4. The summed E-state index contributed by atoms with van der Waals surface area (Å²) in [5.41, 5.74) is 2.09. The van der Waals surface area contributed by atoms with Gasteiger partial charge in [0.25, 0.3) is 5.91 Å². The predicted molar refractivity (Wildman–Crippen MR) is 119 cm³/mol. The number of amides is 1. The van der Waals surface area contributed by atoms with Gasteiger partial charge in [0.1, 0.15) is 17.5 Å². The highest BCUT2D eigenvalue weighted by Gasteiger charge is 2.49. The molecule has 2 saturated heterocycles. The van der Waals surface area contributed by atoms with Crippen LogP contribution in [0, 0.1) is 5.92 Å². The standard InChI is InChI=1S/C21H25N3O7S2/c1-32(26,27)16-6-2-14(3-7-16)31-15-4-8-17(9-5-15)33(28,29)24-12-10-19-18(11-13-30-19)20(24)21(25)23-22/h2-9,18-20H,10-13,22H2,1H3,(H,23,25)/t18-,19-,20+/m0/s1. The van der Waals surface area contributed by atoms with Gasteiger partial charge >= 0.3 is 0 Å². The van der Waals surface area contributed by atoms with E-state index in [1.165, 1.54) is 52.8 Å². The molecule has 1 amide bonds. The average Bonchev–Trinajstić information content (AvgIpc) is 3.27. The Morgan fingerprint density at radius 3 is 2.12 bits per heavy atom. The van der Waals surface area contributed by atoms with Crippen molar-refractivity contribution in [1.82, 2.24) is 9.73 Å². The Labute approximate surface area is 192 Å². The molecule has 2 fully saturated rings. The molecule has 2 heterocycles. The first-order valence-corrected chi connectivity index (χ1v) is 13.7. The van der Waals surface area contributed by atoms with Crippen LogP contribution in [0.4, 0.5) is 0 Å². The average molecular weight is 496 g/mol. The van der Waals surface area contributed by atoms with E-state index in [9.17, 15) is 21.6 Å². The SMILES string of the molecule is CS(=O)(=O)c1ccc(Oc2ccc(S(=O)(=O)N3CC[C@@H]4OCC[C@@H]4[C@@H]3C(=O)NN)cc2)cc1. The van der Waals surface area contributed by atoms with Crippen molar-refractivity contribution in [3.63, 3.8) is 0 Å². The molecule has 2 aromatic carbocycles. The first kappa shape index (κ1) is 23.6. The summed E-state index contributed by atoms with van der Waals surface area (Å²) in [5.74, 6) is 5.31. The molecule has 4 rings (SSSR count). The van der Waals surface area contributed by atoms with Crippen LogP contribution in [-0.2, 0) is 29.4 Å². The molecule has 3 N–H and O–H groups in total. The lowest BCUT2D eigenvalue weighted by Crippen LogP contribution is -2.59. The van der Waals surface area contributed by atoms with Gasteiger partial charge in [-0.15, -0.1) is 0 Å². The monoisotopic (exact) mass is 495 g/mol. The Kier molecular flexibility index (Phi) is 6.47. The van der Waals surface area contributed by atoms with Gasteiger partial charge in [-0.3, -0.25) is 10.2 Å². The molecule has 33 heavy (non-hydrogen) atoms. The van der Waals surface area contributed by atoms with Crippen molar-refractivity contribution in [3.8, 4) is 11.5 Å². The highest BCUT2D eigenvalue weighted by Crippen LogP contribution is 2.37. The lowest BCUT2D eigenvalue weighted by molar-refractivity contribution is -0.129. The number of hydrogen-bond donors (Lipinski definition) is 2. The first-order valence-electron chi connectivity index (χ1n) is 10.3. The fourth-order valence-electron chi connectivity index (χ4n) is 4.32. The van der Waals surface area contributed by atoms with Crippen molar-refractivity contribution in [2.24, 2.45) is 11.8 Å². The second kappa shape index (κ2) is 9.03. The van der Waals surface area contributed by atoms with Crippen LogP contribution < -0.4 is 16.0 Å². The van der Waals surface area contributed by atoms with E-state index in [0.717, 1.165) is 6.26 Å². The number of hydrazine groups is 1. The molecular formula is C21H25N3O7S2. The molecule has 0 radical (unpaired) electrons. The zero-order valence-corrected chi connectivity index (χ0v) is 19.5. The molecular weight excluding hydrogens is 470 g/mol. The molecule has 2 aromatic rings. The minimum absolute atomic E-state index is 0.0226. The van der Waals surface area contributed by atoms with Crippen LogP contribution in [-0.4, -0.2) is 58.6 Å². The van der Waals surface area contributed by atoms with Gasteiger partial charge in [0.2, 0.25) is 10.0 Å². The quantitative estimate of drug-likeness (QED) is 0.344. The predicted octanol–water partition coefficient (Wildman–Crippen LogP) is 1.04. The van der Waals surface area contributed by atoms with Crippen LogP contribution in [0.15, 0.2) is 58.3 Å². The van der Waals surface area contributed by atoms with Crippen LogP contribution >= 0.6 is 0 Å².